The smallest absolute Gasteiger partial charge is 0.352 e. The Kier molecular flexibility index (Phi) is 6.20. The number of methoxy groups -OCH3 is 1. The van der Waals surface area contributed by atoms with Crippen molar-refractivity contribution in [1.82, 2.24) is 15.2 Å². The average molecular weight is 337 g/mol. The molecule has 0 atom stereocenters. The van der Waals surface area contributed by atoms with Crippen molar-refractivity contribution in [2.75, 3.05) is 33.4 Å². The SMILES string of the molecule is COCCOC(=O)C(C#N)=C1NCCN1Cc1ccc(Cl)nc1. The summed E-state index contributed by atoms with van der Waals surface area (Å²) in [6, 6.07) is 5.48. The lowest BCUT2D eigenvalue weighted by atomic mass is 10.2. The molecule has 0 saturated carbocycles. The summed E-state index contributed by atoms with van der Waals surface area (Å²) in [6.45, 7) is 2.23. The maximum Gasteiger partial charge on any atom is 0.352 e. The molecule has 7 nitrogen and oxygen atoms in total. The summed E-state index contributed by atoms with van der Waals surface area (Å²) >= 11 is 5.77. The van der Waals surface area contributed by atoms with Gasteiger partial charge in [0.05, 0.1) is 6.61 Å². The molecule has 8 heteroatoms. The van der Waals surface area contributed by atoms with E-state index in [1.807, 2.05) is 17.0 Å². The molecule has 0 aliphatic carbocycles. The van der Waals surface area contributed by atoms with Crippen molar-refractivity contribution in [2.45, 2.75) is 6.54 Å². The second kappa shape index (κ2) is 8.36. The van der Waals surface area contributed by atoms with E-state index in [-0.39, 0.29) is 18.8 Å². The normalized spacial score (nSPS) is 15.8. The van der Waals surface area contributed by atoms with Gasteiger partial charge in [0.15, 0.2) is 5.57 Å². The number of rotatable bonds is 6. The molecule has 1 aliphatic rings. The van der Waals surface area contributed by atoms with Gasteiger partial charge in [-0.05, 0) is 11.6 Å². The van der Waals surface area contributed by atoms with Crippen LogP contribution in [0, 0.1) is 11.3 Å². The van der Waals surface area contributed by atoms with Crippen LogP contribution in [-0.4, -0.2) is 49.3 Å². The molecule has 1 aromatic rings. The zero-order valence-electron chi connectivity index (χ0n) is 12.7. The molecule has 2 rings (SSSR count). The van der Waals surface area contributed by atoms with Crippen molar-refractivity contribution in [1.29, 1.82) is 5.26 Å². The lowest BCUT2D eigenvalue weighted by Gasteiger charge is -2.19. The van der Waals surface area contributed by atoms with Crippen LogP contribution in [0.25, 0.3) is 0 Å². The van der Waals surface area contributed by atoms with Crippen LogP contribution >= 0.6 is 11.6 Å². The Balaban J connectivity index is 2.12. The largest absolute Gasteiger partial charge is 0.459 e. The number of ether oxygens (including phenoxy) is 2. The predicted octanol–water partition coefficient (Wildman–Crippen LogP) is 1.06. The molecule has 0 aromatic carbocycles. The lowest BCUT2D eigenvalue weighted by molar-refractivity contribution is -0.139. The first-order valence-corrected chi connectivity index (χ1v) is 7.43. The highest BCUT2D eigenvalue weighted by Crippen LogP contribution is 2.17. The Morgan fingerprint density at radius 1 is 1.52 bits per heavy atom. The fraction of sp³-hybridized carbons (Fsp3) is 0.400. The molecule has 1 saturated heterocycles. The van der Waals surface area contributed by atoms with E-state index in [1.54, 1.807) is 12.3 Å². The molecule has 1 aromatic heterocycles. The summed E-state index contributed by atoms with van der Waals surface area (Å²) in [6.07, 6.45) is 1.67. The van der Waals surface area contributed by atoms with Crippen LogP contribution < -0.4 is 5.32 Å². The minimum absolute atomic E-state index is 0.0412. The number of aromatic nitrogens is 1. The number of nitrogens with one attached hydrogen (secondary N) is 1. The highest BCUT2D eigenvalue weighted by atomic mass is 35.5. The van der Waals surface area contributed by atoms with Crippen molar-refractivity contribution in [2.24, 2.45) is 0 Å². The standard InChI is InChI=1S/C15H17ClN4O3/c1-22-6-7-23-15(21)12(8-17)14-18-4-5-20(14)10-11-2-3-13(16)19-9-11/h2-3,9,18H,4-7,10H2,1H3. The van der Waals surface area contributed by atoms with Crippen molar-refractivity contribution in [3.8, 4) is 6.07 Å². The maximum absolute atomic E-state index is 12.0. The minimum atomic E-state index is -0.659. The second-order valence-electron chi connectivity index (χ2n) is 4.80. The molecule has 23 heavy (non-hydrogen) atoms. The minimum Gasteiger partial charge on any atom is -0.459 e. The summed E-state index contributed by atoms with van der Waals surface area (Å²) in [7, 11) is 1.51. The monoisotopic (exact) mass is 336 g/mol. The Hall–Kier alpha value is -2.30. The third-order valence-corrected chi connectivity index (χ3v) is 3.45. The van der Waals surface area contributed by atoms with Crippen molar-refractivity contribution < 1.29 is 14.3 Å². The molecule has 0 spiro atoms. The van der Waals surface area contributed by atoms with Crippen LogP contribution in [0.4, 0.5) is 0 Å². The molecule has 0 radical (unpaired) electrons. The van der Waals surface area contributed by atoms with E-state index in [4.69, 9.17) is 21.1 Å². The summed E-state index contributed by atoms with van der Waals surface area (Å²) in [5.41, 5.74) is 0.890. The van der Waals surface area contributed by atoms with Crippen LogP contribution in [0.15, 0.2) is 29.7 Å². The number of nitriles is 1. The molecule has 2 heterocycles. The van der Waals surface area contributed by atoms with Gasteiger partial charge < -0.3 is 19.7 Å². The average Bonchev–Trinajstić information content (AvgIpc) is 2.99. The van der Waals surface area contributed by atoms with E-state index in [0.717, 1.165) is 5.56 Å². The summed E-state index contributed by atoms with van der Waals surface area (Å²) in [4.78, 5) is 18.0. The van der Waals surface area contributed by atoms with E-state index in [0.29, 0.717) is 30.6 Å². The van der Waals surface area contributed by atoms with Gasteiger partial charge in [0.2, 0.25) is 0 Å². The van der Waals surface area contributed by atoms with Crippen LogP contribution in [0.1, 0.15) is 5.56 Å². The Bertz CT molecular complexity index is 625. The van der Waals surface area contributed by atoms with Crippen molar-refractivity contribution >= 4 is 17.6 Å². The van der Waals surface area contributed by atoms with Crippen LogP contribution in [0.5, 0.6) is 0 Å². The van der Waals surface area contributed by atoms with Crippen LogP contribution in [0.2, 0.25) is 5.15 Å². The molecule has 1 fully saturated rings. The molecular formula is C15H17ClN4O3. The third kappa shape index (κ3) is 4.58. The number of halogens is 1. The number of hydrogen-bond acceptors (Lipinski definition) is 7. The van der Waals surface area contributed by atoms with E-state index >= 15 is 0 Å². The van der Waals surface area contributed by atoms with Gasteiger partial charge >= 0.3 is 5.97 Å². The van der Waals surface area contributed by atoms with Gasteiger partial charge in [-0.15, -0.1) is 0 Å². The topological polar surface area (TPSA) is 87.5 Å². The van der Waals surface area contributed by atoms with Gasteiger partial charge in [-0.1, -0.05) is 17.7 Å². The highest BCUT2D eigenvalue weighted by molar-refractivity contribution is 6.29. The molecule has 0 unspecified atom stereocenters. The zero-order valence-corrected chi connectivity index (χ0v) is 13.5. The number of carbonyl (C=O) groups is 1. The van der Waals surface area contributed by atoms with Gasteiger partial charge in [-0.3, -0.25) is 0 Å². The van der Waals surface area contributed by atoms with E-state index < -0.39 is 5.97 Å². The molecular weight excluding hydrogens is 320 g/mol. The summed E-state index contributed by atoms with van der Waals surface area (Å²) in [5, 5.41) is 12.8. The first-order chi connectivity index (χ1) is 11.2. The van der Waals surface area contributed by atoms with E-state index in [9.17, 15) is 10.1 Å². The number of nitrogens with zero attached hydrogens (tertiary/aromatic N) is 3. The fourth-order valence-corrected chi connectivity index (χ4v) is 2.25. The number of carbonyl (C=O) groups excluding carboxylic acids is 1. The van der Waals surface area contributed by atoms with Crippen molar-refractivity contribution in [3.63, 3.8) is 0 Å². The van der Waals surface area contributed by atoms with Crippen LogP contribution in [0.3, 0.4) is 0 Å². The Morgan fingerprint density at radius 3 is 3.00 bits per heavy atom. The summed E-state index contributed by atoms with van der Waals surface area (Å²) < 4.78 is 9.84. The maximum atomic E-state index is 12.0. The number of hydrogen-bond donors (Lipinski definition) is 1. The Labute approximate surface area is 139 Å². The molecule has 1 N–H and O–H groups in total. The van der Waals surface area contributed by atoms with Gasteiger partial charge in [0, 0.05) is 32.9 Å². The van der Waals surface area contributed by atoms with E-state index in [1.165, 1.54) is 7.11 Å². The molecule has 1 aliphatic heterocycles. The highest BCUT2D eigenvalue weighted by Gasteiger charge is 2.25. The second-order valence-corrected chi connectivity index (χ2v) is 5.19. The number of esters is 1. The fourth-order valence-electron chi connectivity index (χ4n) is 2.14. The lowest BCUT2D eigenvalue weighted by Crippen LogP contribution is -2.25. The first-order valence-electron chi connectivity index (χ1n) is 7.05. The number of pyridine rings is 1. The first kappa shape index (κ1) is 17.1. The third-order valence-electron chi connectivity index (χ3n) is 3.23. The molecule has 0 bridgehead atoms. The predicted molar refractivity (Wildman–Crippen MR) is 83.1 cm³/mol. The quantitative estimate of drug-likeness (QED) is 0.273. The molecule has 0 amide bonds. The molecule has 122 valence electrons. The zero-order chi connectivity index (χ0) is 16.7. The van der Waals surface area contributed by atoms with Gasteiger partial charge in [-0.25, -0.2) is 9.78 Å². The van der Waals surface area contributed by atoms with E-state index in [2.05, 4.69) is 10.3 Å². The van der Waals surface area contributed by atoms with Gasteiger partial charge in [0.25, 0.3) is 0 Å². The van der Waals surface area contributed by atoms with Crippen LogP contribution in [-0.2, 0) is 20.8 Å². The van der Waals surface area contributed by atoms with Gasteiger partial charge in [-0.2, -0.15) is 5.26 Å². The summed E-state index contributed by atoms with van der Waals surface area (Å²) in [5.74, 6) is -0.182. The Morgan fingerprint density at radius 2 is 2.35 bits per heavy atom. The van der Waals surface area contributed by atoms with Crippen molar-refractivity contribution in [3.05, 3.63) is 40.4 Å². The van der Waals surface area contributed by atoms with Gasteiger partial charge in [0.1, 0.15) is 23.7 Å².